The van der Waals surface area contributed by atoms with Crippen molar-refractivity contribution >= 4 is 46.7 Å². The molecule has 3 aliphatic rings. The topological polar surface area (TPSA) is 92.8 Å². The van der Waals surface area contributed by atoms with Crippen molar-refractivity contribution in [3.8, 4) is 0 Å². The molecule has 4 atom stereocenters. The highest BCUT2D eigenvalue weighted by molar-refractivity contribution is 6.30. The Morgan fingerprint density at radius 3 is 2.64 bits per heavy atom. The average Bonchev–Trinajstić information content (AvgIpc) is 3.42. The van der Waals surface area contributed by atoms with Gasteiger partial charge in [0.15, 0.2) is 6.61 Å². The number of carbonyl (C=O) groups excluding carboxylic acids is 4. The smallest absolute Gasteiger partial charge is 0.338 e. The lowest BCUT2D eigenvalue weighted by molar-refractivity contribution is -0.123. The Kier molecular flexibility index (Phi) is 5.29. The number of rotatable bonds is 5. The number of esters is 1. The molecule has 7 nitrogen and oxygen atoms in total. The van der Waals surface area contributed by atoms with Gasteiger partial charge in [-0.3, -0.25) is 14.4 Å². The zero-order valence-electron chi connectivity index (χ0n) is 17.8. The van der Waals surface area contributed by atoms with Gasteiger partial charge in [-0.25, -0.2) is 9.69 Å². The summed E-state index contributed by atoms with van der Waals surface area (Å²) in [5.74, 6) is -2.09. The maximum Gasteiger partial charge on any atom is 0.338 e. The molecule has 3 amide bonds. The summed E-state index contributed by atoms with van der Waals surface area (Å²) in [6, 6.07) is 12.8. The number of nitrogens with one attached hydrogen (secondary N) is 1. The summed E-state index contributed by atoms with van der Waals surface area (Å²) in [4.78, 5) is 52.0. The van der Waals surface area contributed by atoms with Gasteiger partial charge in [-0.1, -0.05) is 35.4 Å². The molecule has 5 rings (SSSR count). The molecule has 0 spiro atoms. The van der Waals surface area contributed by atoms with Crippen molar-refractivity contribution in [1.82, 2.24) is 0 Å². The van der Waals surface area contributed by atoms with E-state index in [1.165, 1.54) is 22.6 Å². The van der Waals surface area contributed by atoms with Gasteiger partial charge in [0.2, 0.25) is 11.8 Å². The molecule has 0 unspecified atom stereocenters. The molecule has 2 aliphatic carbocycles. The number of amides is 3. The molecule has 2 aromatic rings. The van der Waals surface area contributed by atoms with E-state index in [1.807, 2.05) is 6.92 Å². The van der Waals surface area contributed by atoms with E-state index in [0.29, 0.717) is 16.4 Å². The molecule has 1 saturated heterocycles. The van der Waals surface area contributed by atoms with Crippen LogP contribution in [0.2, 0.25) is 5.02 Å². The number of hydrogen-bond acceptors (Lipinski definition) is 5. The fourth-order valence-corrected chi connectivity index (χ4v) is 5.47. The van der Waals surface area contributed by atoms with Crippen LogP contribution in [-0.2, 0) is 19.1 Å². The molecule has 0 radical (unpaired) electrons. The molecular weight excluding hydrogens is 444 g/mol. The second kappa shape index (κ2) is 8.15. The standard InChI is InChI=1S/C25H21ClN2O5/c1-13-8-15-10-19(13)22-21(15)23(30)28(24(22)31)18-7-2-4-14(9-18)25(32)33-12-20(29)27-17-6-3-5-16(26)11-17/h2-9,11,15,19,21-22H,10,12H2,1H3,(H,27,29)/t15-,19+,21-,22+/m0/s1. The van der Waals surface area contributed by atoms with Crippen LogP contribution in [0.25, 0.3) is 0 Å². The number of nitrogens with zero attached hydrogens (tertiary/aromatic N) is 1. The van der Waals surface area contributed by atoms with Crippen LogP contribution >= 0.6 is 11.6 Å². The molecule has 1 N–H and O–H groups in total. The zero-order valence-corrected chi connectivity index (χ0v) is 18.5. The lowest BCUT2D eigenvalue weighted by atomic mass is 9.82. The SMILES string of the molecule is CC1=C[C@H]2C[C@H]1[C@H]1C(=O)N(c3cccc(C(=O)OCC(=O)Nc4cccc(Cl)c4)c3)C(=O)[C@H]12. The zero-order chi connectivity index (χ0) is 23.3. The third-order valence-corrected chi connectivity index (χ3v) is 6.90. The quantitative estimate of drug-likeness (QED) is 0.412. The number of halogens is 1. The number of allylic oxidation sites excluding steroid dienone is 2. The van der Waals surface area contributed by atoms with Crippen LogP contribution in [0, 0.1) is 23.7 Å². The number of anilines is 2. The first-order chi connectivity index (χ1) is 15.8. The number of ether oxygens (including phenoxy) is 1. The van der Waals surface area contributed by atoms with Gasteiger partial charge in [-0.2, -0.15) is 0 Å². The lowest BCUT2D eigenvalue weighted by Gasteiger charge is -2.19. The third-order valence-electron chi connectivity index (χ3n) is 6.66. The number of hydrogen-bond donors (Lipinski definition) is 1. The summed E-state index contributed by atoms with van der Waals surface area (Å²) in [5, 5.41) is 3.06. The maximum atomic E-state index is 13.1. The van der Waals surface area contributed by atoms with Gasteiger partial charge in [-0.15, -0.1) is 0 Å². The minimum atomic E-state index is -0.727. The lowest BCUT2D eigenvalue weighted by Crippen LogP contribution is -2.33. The largest absolute Gasteiger partial charge is 0.452 e. The molecule has 1 aliphatic heterocycles. The second-order valence-electron chi connectivity index (χ2n) is 8.67. The Hall–Kier alpha value is -3.45. The van der Waals surface area contributed by atoms with E-state index in [4.69, 9.17) is 16.3 Å². The fourth-order valence-electron chi connectivity index (χ4n) is 5.28. The molecular formula is C25H21ClN2O5. The summed E-state index contributed by atoms with van der Waals surface area (Å²) in [5.41, 5.74) is 2.16. The van der Waals surface area contributed by atoms with Crippen molar-refractivity contribution in [3.05, 3.63) is 70.8 Å². The van der Waals surface area contributed by atoms with Gasteiger partial charge in [-0.05, 0) is 61.6 Å². The highest BCUT2D eigenvalue weighted by atomic mass is 35.5. The van der Waals surface area contributed by atoms with Crippen molar-refractivity contribution in [2.75, 3.05) is 16.8 Å². The number of benzene rings is 2. The van der Waals surface area contributed by atoms with Crippen LogP contribution < -0.4 is 10.2 Å². The van der Waals surface area contributed by atoms with Crippen LogP contribution in [0.15, 0.2) is 60.2 Å². The van der Waals surface area contributed by atoms with E-state index in [0.717, 1.165) is 6.42 Å². The fraction of sp³-hybridized carbons (Fsp3) is 0.280. The Morgan fingerprint density at radius 2 is 1.85 bits per heavy atom. The van der Waals surface area contributed by atoms with Gasteiger partial charge >= 0.3 is 5.97 Å². The van der Waals surface area contributed by atoms with Gasteiger partial charge in [0.25, 0.3) is 5.91 Å². The van der Waals surface area contributed by atoms with E-state index in [-0.39, 0.29) is 41.0 Å². The van der Waals surface area contributed by atoms with Crippen molar-refractivity contribution in [3.63, 3.8) is 0 Å². The molecule has 0 aromatic heterocycles. The van der Waals surface area contributed by atoms with E-state index in [2.05, 4.69) is 11.4 Å². The third kappa shape index (κ3) is 3.72. The molecule has 168 valence electrons. The normalized spacial score (nSPS) is 25.2. The Morgan fingerprint density at radius 1 is 1.09 bits per heavy atom. The molecule has 2 bridgehead atoms. The van der Waals surface area contributed by atoms with E-state index in [1.54, 1.807) is 36.4 Å². The molecule has 1 heterocycles. The van der Waals surface area contributed by atoms with Crippen LogP contribution in [0.3, 0.4) is 0 Å². The van der Waals surface area contributed by atoms with Crippen LogP contribution in [0.5, 0.6) is 0 Å². The summed E-state index contributed by atoms with van der Waals surface area (Å²) < 4.78 is 5.12. The Labute approximate surface area is 195 Å². The van der Waals surface area contributed by atoms with Crippen molar-refractivity contribution in [1.29, 1.82) is 0 Å². The summed E-state index contributed by atoms with van der Waals surface area (Å²) in [7, 11) is 0. The number of carbonyl (C=O) groups is 4. The predicted octanol–water partition coefficient (Wildman–Crippen LogP) is 3.84. The average molecular weight is 465 g/mol. The van der Waals surface area contributed by atoms with Crippen molar-refractivity contribution in [2.45, 2.75) is 13.3 Å². The van der Waals surface area contributed by atoms with Crippen LogP contribution in [-0.4, -0.2) is 30.3 Å². The van der Waals surface area contributed by atoms with Gasteiger partial charge in [0, 0.05) is 10.7 Å². The first-order valence-corrected chi connectivity index (χ1v) is 11.1. The van der Waals surface area contributed by atoms with E-state index >= 15 is 0 Å². The first-order valence-electron chi connectivity index (χ1n) is 10.7. The monoisotopic (exact) mass is 464 g/mol. The highest BCUT2D eigenvalue weighted by Crippen LogP contribution is 2.55. The molecule has 8 heteroatoms. The van der Waals surface area contributed by atoms with Crippen LogP contribution in [0.1, 0.15) is 23.7 Å². The summed E-state index contributed by atoms with van der Waals surface area (Å²) in [6.45, 7) is 1.52. The first kappa shape index (κ1) is 21.4. The molecule has 1 saturated carbocycles. The molecule has 2 fully saturated rings. The highest BCUT2D eigenvalue weighted by Gasteiger charge is 2.60. The number of fused-ring (bicyclic) bond motifs is 5. The molecule has 2 aromatic carbocycles. The minimum absolute atomic E-state index is 0.104. The summed E-state index contributed by atoms with van der Waals surface area (Å²) in [6.07, 6.45) is 2.97. The second-order valence-corrected chi connectivity index (χ2v) is 9.10. The van der Waals surface area contributed by atoms with E-state index in [9.17, 15) is 19.2 Å². The Bertz CT molecular complexity index is 1220. The van der Waals surface area contributed by atoms with Gasteiger partial charge in [0.05, 0.1) is 23.1 Å². The van der Waals surface area contributed by atoms with Crippen molar-refractivity contribution < 1.29 is 23.9 Å². The van der Waals surface area contributed by atoms with Gasteiger partial charge < -0.3 is 10.1 Å². The predicted molar refractivity (Wildman–Crippen MR) is 122 cm³/mol. The minimum Gasteiger partial charge on any atom is -0.452 e. The van der Waals surface area contributed by atoms with Crippen molar-refractivity contribution in [2.24, 2.45) is 23.7 Å². The molecule has 33 heavy (non-hydrogen) atoms. The van der Waals surface area contributed by atoms with Gasteiger partial charge in [0.1, 0.15) is 0 Å². The maximum absolute atomic E-state index is 13.1. The van der Waals surface area contributed by atoms with Crippen LogP contribution in [0.4, 0.5) is 11.4 Å². The summed E-state index contributed by atoms with van der Waals surface area (Å²) >= 11 is 5.89. The Balaban J connectivity index is 1.26. The number of imide groups is 1. The van der Waals surface area contributed by atoms with E-state index < -0.39 is 18.5 Å².